The van der Waals surface area contributed by atoms with Gasteiger partial charge in [-0.25, -0.2) is 0 Å². The summed E-state index contributed by atoms with van der Waals surface area (Å²) in [5, 5.41) is 14.3. The Balaban J connectivity index is 2.29. The topological polar surface area (TPSA) is 104 Å². The van der Waals surface area contributed by atoms with E-state index in [-0.39, 0.29) is 17.6 Å². The van der Waals surface area contributed by atoms with Crippen LogP contribution in [0.3, 0.4) is 0 Å². The fourth-order valence-corrected chi connectivity index (χ4v) is 1.24. The number of nitrogens with two attached hydrogens (primary N) is 1. The van der Waals surface area contributed by atoms with Gasteiger partial charge < -0.3 is 21.5 Å². The Morgan fingerprint density at radius 1 is 1.22 bits per heavy atom. The zero-order valence-corrected chi connectivity index (χ0v) is 10.1. The predicted molar refractivity (Wildman–Crippen MR) is 67.1 cm³/mol. The molecule has 0 saturated heterocycles. The molecule has 0 radical (unpaired) electrons. The summed E-state index contributed by atoms with van der Waals surface area (Å²) in [7, 11) is 0. The van der Waals surface area contributed by atoms with E-state index in [1.54, 1.807) is 6.92 Å². The Morgan fingerprint density at radius 2 is 1.78 bits per heavy atom. The van der Waals surface area contributed by atoms with Gasteiger partial charge in [0.2, 0.25) is 5.91 Å². The first-order chi connectivity index (χ1) is 8.50. The van der Waals surface area contributed by atoms with Crippen molar-refractivity contribution in [2.24, 2.45) is 5.73 Å². The number of phenolic OH excluding ortho intramolecular Hbond substituents is 1. The van der Waals surface area contributed by atoms with Gasteiger partial charge in [-0.05, 0) is 31.2 Å². The second-order valence-corrected chi connectivity index (χ2v) is 3.88. The second kappa shape index (κ2) is 6.61. The summed E-state index contributed by atoms with van der Waals surface area (Å²) < 4.78 is 0. The van der Waals surface area contributed by atoms with E-state index in [0.717, 1.165) is 0 Å². The van der Waals surface area contributed by atoms with E-state index in [4.69, 9.17) is 10.8 Å². The van der Waals surface area contributed by atoms with E-state index < -0.39 is 6.04 Å². The lowest BCUT2D eigenvalue weighted by atomic mass is 10.2. The first kappa shape index (κ1) is 14.0. The number of carbonyl (C=O) groups is 2. The van der Waals surface area contributed by atoms with Gasteiger partial charge in [-0.2, -0.15) is 0 Å². The van der Waals surface area contributed by atoms with Gasteiger partial charge in [0.25, 0.3) is 5.91 Å². The van der Waals surface area contributed by atoms with Crippen LogP contribution in [0, 0.1) is 0 Å². The molecule has 2 amide bonds. The van der Waals surface area contributed by atoms with E-state index in [1.807, 2.05) is 0 Å². The van der Waals surface area contributed by atoms with Gasteiger partial charge in [-0.15, -0.1) is 0 Å². The number of aromatic hydroxyl groups is 1. The molecule has 1 unspecified atom stereocenters. The van der Waals surface area contributed by atoms with Crippen molar-refractivity contribution in [3.63, 3.8) is 0 Å². The van der Waals surface area contributed by atoms with Gasteiger partial charge in [0.05, 0.1) is 6.04 Å². The van der Waals surface area contributed by atoms with Crippen molar-refractivity contribution in [1.29, 1.82) is 0 Å². The zero-order chi connectivity index (χ0) is 13.5. The van der Waals surface area contributed by atoms with E-state index >= 15 is 0 Å². The second-order valence-electron chi connectivity index (χ2n) is 3.88. The lowest BCUT2D eigenvalue weighted by Crippen LogP contribution is -2.42. The first-order valence-corrected chi connectivity index (χ1v) is 5.61. The molecule has 1 aromatic carbocycles. The Bertz CT molecular complexity index is 415. The molecular formula is C12H17N3O3. The van der Waals surface area contributed by atoms with Gasteiger partial charge in [0, 0.05) is 18.7 Å². The van der Waals surface area contributed by atoms with Crippen LogP contribution in [0.2, 0.25) is 0 Å². The fourth-order valence-electron chi connectivity index (χ4n) is 1.24. The summed E-state index contributed by atoms with van der Waals surface area (Å²) in [5.74, 6) is -0.408. The summed E-state index contributed by atoms with van der Waals surface area (Å²) in [6.07, 6.45) is 0. The Kier molecular flexibility index (Phi) is 5.13. The van der Waals surface area contributed by atoms with E-state index in [1.165, 1.54) is 24.3 Å². The number of nitrogens with one attached hydrogen (secondary N) is 2. The normalized spacial score (nSPS) is 11.7. The average Bonchev–Trinajstić information content (AvgIpc) is 2.34. The standard InChI is InChI=1S/C12H17N3O3/c1-8(13)11(17)14-6-7-15-12(18)9-2-4-10(16)5-3-9/h2-5,8,16H,6-7,13H2,1H3,(H,14,17)(H,15,18). The fraction of sp³-hybridized carbons (Fsp3) is 0.333. The van der Waals surface area contributed by atoms with Crippen LogP contribution in [0.4, 0.5) is 0 Å². The van der Waals surface area contributed by atoms with Crippen LogP contribution < -0.4 is 16.4 Å². The zero-order valence-electron chi connectivity index (χ0n) is 10.1. The summed E-state index contributed by atoms with van der Waals surface area (Å²) >= 11 is 0. The molecule has 0 spiro atoms. The quantitative estimate of drug-likeness (QED) is 0.534. The highest BCUT2D eigenvalue weighted by atomic mass is 16.3. The minimum absolute atomic E-state index is 0.107. The van der Waals surface area contributed by atoms with Crippen LogP contribution in [0.25, 0.3) is 0 Å². The Morgan fingerprint density at radius 3 is 2.33 bits per heavy atom. The monoisotopic (exact) mass is 251 g/mol. The number of amides is 2. The van der Waals surface area contributed by atoms with E-state index in [2.05, 4.69) is 10.6 Å². The molecule has 6 heteroatoms. The molecule has 1 rings (SSSR count). The molecular weight excluding hydrogens is 234 g/mol. The molecule has 1 atom stereocenters. The summed E-state index contributed by atoms with van der Waals surface area (Å²) in [6.45, 7) is 2.23. The first-order valence-electron chi connectivity index (χ1n) is 5.61. The van der Waals surface area contributed by atoms with Crippen molar-refractivity contribution in [3.05, 3.63) is 29.8 Å². The highest BCUT2D eigenvalue weighted by molar-refractivity contribution is 5.94. The molecule has 0 aliphatic carbocycles. The maximum Gasteiger partial charge on any atom is 0.251 e. The minimum atomic E-state index is -0.558. The third-order valence-electron chi connectivity index (χ3n) is 2.25. The molecule has 1 aromatic rings. The number of benzene rings is 1. The lowest BCUT2D eigenvalue weighted by Gasteiger charge is -2.08. The number of hydrogen-bond acceptors (Lipinski definition) is 4. The smallest absolute Gasteiger partial charge is 0.251 e. The van der Waals surface area contributed by atoms with Gasteiger partial charge in [0.15, 0.2) is 0 Å². The lowest BCUT2D eigenvalue weighted by molar-refractivity contribution is -0.121. The van der Waals surface area contributed by atoms with Crippen LogP contribution in [-0.2, 0) is 4.79 Å². The highest BCUT2D eigenvalue weighted by Gasteiger charge is 2.07. The molecule has 0 aromatic heterocycles. The minimum Gasteiger partial charge on any atom is -0.508 e. The highest BCUT2D eigenvalue weighted by Crippen LogP contribution is 2.08. The van der Waals surface area contributed by atoms with Crippen LogP contribution in [0.15, 0.2) is 24.3 Å². The van der Waals surface area contributed by atoms with Crippen LogP contribution in [-0.4, -0.2) is 36.1 Å². The maximum atomic E-state index is 11.6. The Labute approximate surface area is 105 Å². The molecule has 5 N–H and O–H groups in total. The van der Waals surface area contributed by atoms with E-state index in [0.29, 0.717) is 18.7 Å². The predicted octanol–water partition coefficient (Wildman–Crippen LogP) is -0.415. The van der Waals surface area contributed by atoms with Gasteiger partial charge in [-0.3, -0.25) is 9.59 Å². The average molecular weight is 251 g/mol. The molecule has 0 heterocycles. The van der Waals surface area contributed by atoms with Gasteiger partial charge in [-0.1, -0.05) is 0 Å². The summed E-state index contributed by atoms with van der Waals surface area (Å²) in [4.78, 5) is 22.7. The van der Waals surface area contributed by atoms with Crippen molar-refractivity contribution in [3.8, 4) is 5.75 Å². The number of hydrogen-bond donors (Lipinski definition) is 4. The molecule has 0 aliphatic heterocycles. The van der Waals surface area contributed by atoms with Crippen molar-refractivity contribution < 1.29 is 14.7 Å². The third-order valence-corrected chi connectivity index (χ3v) is 2.25. The van der Waals surface area contributed by atoms with Crippen molar-refractivity contribution in [2.45, 2.75) is 13.0 Å². The van der Waals surface area contributed by atoms with Crippen molar-refractivity contribution in [2.75, 3.05) is 13.1 Å². The number of rotatable bonds is 5. The van der Waals surface area contributed by atoms with Crippen molar-refractivity contribution in [1.82, 2.24) is 10.6 Å². The van der Waals surface area contributed by atoms with Crippen LogP contribution in [0.5, 0.6) is 5.75 Å². The largest absolute Gasteiger partial charge is 0.508 e. The molecule has 98 valence electrons. The molecule has 18 heavy (non-hydrogen) atoms. The number of carbonyl (C=O) groups excluding carboxylic acids is 2. The SMILES string of the molecule is CC(N)C(=O)NCCNC(=O)c1ccc(O)cc1. The van der Waals surface area contributed by atoms with Crippen LogP contribution >= 0.6 is 0 Å². The van der Waals surface area contributed by atoms with Crippen molar-refractivity contribution >= 4 is 11.8 Å². The molecule has 0 fully saturated rings. The van der Waals surface area contributed by atoms with Gasteiger partial charge >= 0.3 is 0 Å². The molecule has 0 saturated carbocycles. The molecule has 0 aliphatic rings. The summed E-state index contributed by atoms with van der Waals surface area (Å²) in [6, 6.07) is 5.36. The maximum absolute atomic E-state index is 11.6. The molecule has 6 nitrogen and oxygen atoms in total. The summed E-state index contributed by atoms with van der Waals surface area (Å²) in [5.41, 5.74) is 5.81. The third kappa shape index (κ3) is 4.42. The van der Waals surface area contributed by atoms with Gasteiger partial charge in [0.1, 0.15) is 5.75 Å². The molecule has 0 bridgehead atoms. The van der Waals surface area contributed by atoms with E-state index in [9.17, 15) is 9.59 Å². The van der Waals surface area contributed by atoms with Crippen LogP contribution in [0.1, 0.15) is 17.3 Å². The number of phenols is 1. The Hall–Kier alpha value is -2.08.